The number of aromatic nitrogens is 4. The van der Waals surface area contributed by atoms with Crippen LogP contribution in [0.1, 0.15) is 17.9 Å². The molecule has 3 heterocycles. The molecule has 126 valence electrons. The molecule has 0 saturated carbocycles. The molecule has 0 spiro atoms. The van der Waals surface area contributed by atoms with Crippen molar-refractivity contribution < 1.29 is 4.79 Å². The summed E-state index contributed by atoms with van der Waals surface area (Å²) in [7, 11) is 0. The predicted molar refractivity (Wildman–Crippen MR) is 94.5 cm³/mol. The van der Waals surface area contributed by atoms with Crippen molar-refractivity contribution >= 4 is 23.4 Å². The number of carbonyl (C=O) groups is 1. The smallest absolute Gasteiger partial charge is 0.225 e. The van der Waals surface area contributed by atoms with Crippen LogP contribution in [0.3, 0.4) is 0 Å². The van der Waals surface area contributed by atoms with Crippen molar-refractivity contribution in [1.82, 2.24) is 19.7 Å². The van der Waals surface area contributed by atoms with Gasteiger partial charge in [-0.2, -0.15) is 15.1 Å². The third kappa shape index (κ3) is 3.14. The molecule has 8 nitrogen and oxygen atoms in total. The van der Waals surface area contributed by atoms with Gasteiger partial charge in [-0.05, 0) is 17.7 Å². The number of carbonyl (C=O) groups excluding carboxylic acids is 1. The van der Waals surface area contributed by atoms with Crippen LogP contribution in [0.15, 0.2) is 48.8 Å². The Morgan fingerprint density at radius 2 is 2.16 bits per heavy atom. The maximum absolute atomic E-state index is 11.9. The van der Waals surface area contributed by atoms with Gasteiger partial charge in [0.05, 0.1) is 0 Å². The van der Waals surface area contributed by atoms with Crippen LogP contribution in [0.2, 0.25) is 0 Å². The van der Waals surface area contributed by atoms with E-state index in [2.05, 4.69) is 25.7 Å². The second-order valence-electron chi connectivity index (χ2n) is 5.84. The fourth-order valence-electron chi connectivity index (χ4n) is 2.98. The van der Waals surface area contributed by atoms with Gasteiger partial charge in [0.1, 0.15) is 5.82 Å². The molecule has 25 heavy (non-hydrogen) atoms. The Labute approximate surface area is 144 Å². The van der Waals surface area contributed by atoms with Crippen LogP contribution < -0.4 is 16.4 Å². The first-order chi connectivity index (χ1) is 12.2. The lowest BCUT2D eigenvalue weighted by Crippen LogP contribution is -2.27. The minimum absolute atomic E-state index is 0.0185. The SMILES string of the molecule is Nc1nc(NCC2CC(=O)Nc3ccccc32)cc(-n2cccn2)n1. The van der Waals surface area contributed by atoms with E-state index < -0.39 is 0 Å². The highest BCUT2D eigenvalue weighted by Gasteiger charge is 2.24. The van der Waals surface area contributed by atoms with E-state index in [1.807, 2.05) is 30.3 Å². The number of benzene rings is 1. The van der Waals surface area contributed by atoms with Crippen LogP contribution in [-0.4, -0.2) is 32.2 Å². The van der Waals surface area contributed by atoms with Crippen molar-refractivity contribution in [3.8, 4) is 5.82 Å². The van der Waals surface area contributed by atoms with E-state index in [4.69, 9.17) is 5.73 Å². The monoisotopic (exact) mass is 335 g/mol. The lowest BCUT2D eigenvalue weighted by atomic mass is 9.90. The quantitative estimate of drug-likeness (QED) is 0.670. The summed E-state index contributed by atoms with van der Waals surface area (Å²) < 4.78 is 1.62. The molecule has 1 aliphatic rings. The number of hydrogen-bond donors (Lipinski definition) is 3. The largest absolute Gasteiger partial charge is 0.369 e. The predicted octanol–water partition coefficient (Wildman–Crippen LogP) is 1.78. The fraction of sp³-hybridized carbons (Fsp3) is 0.176. The molecule has 0 saturated heterocycles. The summed E-state index contributed by atoms with van der Waals surface area (Å²) in [5, 5.41) is 10.3. The summed E-state index contributed by atoms with van der Waals surface area (Å²) >= 11 is 0. The number of fused-ring (bicyclic) bond motifs is 1. The summed E-state index contributed by atoms with van der Waals surface area (Å²) in [4.78, 5) is 20.3. The topological polar surface area (TPSA) is 111 Å². The standard InChI is InChI=1S/C17H17N7O/c18-17-22-14(9-15(23-17)24-7-3-6-20-24)19-10-11-8-16(25)21-13-5-2-1-4-12(11)13/h1-7,9,11H,8,10H2,(H,21,25)(H3,18,19,22,23). The molecular formula is C17H17N7O. The van der Waals surface area contributed by atoms with Crippen molar-refractivity contribution in [2.75, 3.05) is 22.9 Å². The van der Waals surface area contributed by atoms with E-state index in [1.165, 1.54) is 0 Å². The van der Waals surface area contributed by atoms with Crippen LogP contribution in [0.4, 0.5) is 17.5 Å². The molecule has 4 N–H and O–H groups in total. The molecular weight excluding hydrogens is 318 g/mol. The average Bonchev–Trinajstić information content (AvgIpc) is 3.14. The van der Waals surface area contributed by atoms with Gasteiger partial charge >= 0.3 is 0 Å². The highest BCUT2D eigenvalue weighted by atomic mass is 16.1. The van der Waals surface area contributed by atoms with Crippen molar-refractivity contribution in [3.63, 3.8) is 0 Å². The van der Waals surface area contributed by atoms with E-state index in [9.17, 15) is 4.79 Å². The minimum Gasteiger partial charge on any atom is -0.369 e. The van der Waals surface area contributed by atoms with Gasteiger partial charge in [0.2, 0.25) is 11.9 Å². The molecule has 0 fully saturated rings. The first-order valence-corrected chi connectivity index (χ1v) is 7.96. The molecule has 3 aromatic rings. The number of para-hydroxylation sites is 1. The van der Waals surface area contributed by atoms with E-state index >= 15 is 0 Å². The highest BCUT2D eigenvalue weighted by Crippen LogP contribution is 2.32. The molecule has 4 rings (SSSR count). The van der Waals surface area contributed by atoms with E-state index in [-0.39, 0.29) is 17.8 Å². The van der Waals surface area contributed by atoms with Crippen molar-refractivity contribution in [2.45, 2.75) is 12.3 Å². The van der Waals surface area contributed by atoms with Crippen molar-refractivity contribution in [3.05, 3.63) is 54.4 Å². The zero-order chi connectivity index (χ0) is 17.2. The van der Waals surface area contributed by atoms with E-state index in [1.54, 1.807) is 23.1 Å². The number of amides is 1. The van der Waals surface area contributed by atoms with Gasteiger partial charge in [0.25, 0.3) is 0 Å². The van der Waals surface area contributed by atoms with Crippen LogP contribution >= 0.6 is 0 Å². The van der Waals surface area contributed by atoms with Crippen LogP contribution in [0, 0.1) is 0 Å². The first kappa shape index (κ1) is 15.1. The number of hydrogen-bond acceptors (Lipinski definition) is 6. The van der Waals surface area contributed by atoms with Gasteiger partial charge < -0.3 is 16.4 Å². The summed E-state index contributed by atoms with van der Waals surface area (Å²) in [6.07, 6.45) is 3.88. The summed E-state index contributed by atoms with van der Waals surface area (Å²) in [6, 6.07) is 11.4. The van der Waals surface area contributed by atoms with Crippen LogP contribution in [-0.2, 0) is 4.79 Å². The molecule has 1 amide bonds. The Hall–Kier alpha value is -3.42. The van der Waals surface area contributed by atoms with Gasteiger partial charge in [0, 0.05) is 43.0 Å². The summed E-state index contributed by atoms with van der Waals surface area (Å²) in [5.41, 5.74) is 7.79. The molecule has 0 radical (unpaired) electrons. The number of anilines is 3. The van der Waals surface area contributed by atoms with Crippen molar-refractivity contribution in [2.24, 2.45) is 0 Å². The van der Waals surface area contributed by atoms with Gasteiger partial charge in [-0.3, -0.25) is 4.79 Å². The normalized spacial score (nSPS) is 16.2. The van der Waals surface area contributed by atoms with Crippen LogP contribution in [0.5, 0.6) is 0 Å². The van der Waals surface area contributed by atoms with Gasteiger partial charge in [0.15, 0.2) is 5.82 Å². The Bertz CT molecular complexity index is 907. The average molecular weight is 335 g/mol. The third-order valence-electron chi connectivity index (χ3n) is 4.11. The number of nitrogens with one attached hydrogen (secondary N) is 2. The van der Waals surface area contributed by atoms with E-state index in [0.29, 0.717) is 24.6 Å². The number of rotatable bonds is 4. The molecule has 8 heteroatoms. The van der Waals surface area contributed by atoms with Gasteiger partial charge in [-0.25, -0.2) is 4.68 Å². The third-order valence-corrected chi connectivity index (χ3v) is 4.11. The van der Waals surface area contributed by atoms with Crippen molar-refractivity contribution in [1.29, 1.82) is 0 Å². The van der Waals surface area contributed by atoms with E-state index in [0.717, 1.165) is 11.3 Å². The summed E-state index contributed by atoms with van der Waals surface area (Å²) in [6.45, 7) is 0.569. The lowest BCUT2D eigenvalue weighted by Gasteiger charge is -2.25. The highest BCUT2D eigenvalue weighted by molar-refractivity contribution is 5.94. The van der Waals surface area contributed by atoms with Gasteiger partial charge in [-0.1, -0.05) is 18.2 Å². The molecule has 2 aromatic heterocycles. The molecule has 1 aromatic carbocycles. The minimum atomic E-state index is 0.0185. The fourth-order valence-corrected chi connectivity index (χ4v) is 2.98. The van der Waals surface area contributed by atoms with Gasteiger partial charge in [-0.15, -0.1) is 0 Å². The number of nitrogens with two attached hydrogens (primary N) is 1. The zero-order valence-electron chi connectivity index (χ0n) is 13.4. The Morgan fingerprint density at radius 3 is 3.00 bits per heavy atom. The molecule has 1 unspecified atom stereocenters. The molecule has 0 bridgehead atoms. The molecule has 0 aliphatic carbocycles. The second kappa shape index (κ2) is 6.23. The molecule has 1 atom stereocenters. The maximum Gasteiger partial charge on any atom is 0.225 e. The summed E-state index contributed by atoms with van der Waals surface area (Å²) in [5.74, 6) is 1.43. The lowest BCUT2D eigenvalue weighted by molar-refractivity contribution is -0.116. The first-order valence-electron chi connectivity index (χ1n) is 7.96. The Balaban J connectivity index is 1.55. The zero-order valence-corrected chi connectivity index (χ0v) is 13.4. The van der Waals surface area contributed by atoms with Crippen LogP contribution in [0.25, 0.3) is 5.82 Å². The Morgan fingerprint density at radius 1 is 1.28 bits per heavy atom. The number of nitrogen functional groups attached to an aromatic ring is 1. The number of nitrogens with zero attached hydrogens (tertiary/aromatic N) is 4. The maximum atomic E-state index is 11.9. The Kier molecular flexibility index (Phi) is 3.77. The second-order valence-corrected chi connectivity index (χ2v) is 5.84. The molecule has 1 aliphatic heterocycles.